The highest BCUT2D eigenvalue weighted by Gasteiger charge is 2.50. The third kappa shape index (κ3) is 3.60. The average Bonchev–Trinajstić information content (AvgIpc) is 2.33. The van der Waals surface area contributed by atoms with E-state index >= 15 is 0 Å². The maximum atomic E-state index is 13.0. The summed E-state index contributed by atoms with van der Waals surface area (Å²) in [6.45, 7) is 14.0. The molecule has 0 aromatic carbocycles. The van der Waals surface area contributed by atoms with Gasteiger partial charge in [-0.25, -0.2) is 8.78 Å². The van der Waals surface area contributed by atoms with Crippen LogP contribution < -0.4 is 0 Å². The largest absolute Gasteiger partial charge is 0.298 e. The Hall–Kier alpha value is -0.300. The summed E-state index contributed by atoms with van der Waals surface area (Å²) in [5.74, 6) is -2.43. The maximum absolute atomic E-state index is 13.0. The quantitative estimate of drug-likeness (QED) is 0.691. The molecule has 4 heterocycles. The van der Waals surface area contributed by atoms with Crippen LogP contribution in [0.25, 0.3) is 0 Å². The van der Waals surface area contributed by atoms with Crippen LogP contribution in [0.1, 0.15) is 40.0 Å². The molecule has 0 aromatic rings. The van der Waals surface area contributed by atoms with Crippen LogP contribution in [0.5, 0.6) is 0 Å². The van der Waals surface area contributed by atoms with Crippen molar-refractivity contribution in [2.75, 3.05) is 52.4 Å². The van der Waals surface area contributed by atoms with Crippen LogP contribution in [-0.4, -0.2) is 102 Å². The predicted octanol–water partition coefficient (Wildman–Crippen LogP) is 1.96. The van der Waals surface area contributed by atoms with E-state index < -0.39 is 5.92 Å². The van der Waals surface area contributed by atoms with Crippen LogP contribution in [0.4, 0.5) is 8.78 Å². The highest BCUT2D eigenvalue weighted by Crippen LogP contribution is 2.35. The first-order valence-corrected chi connectivity index (χ1v) is 10.1. The van der Waals surface area contributed by atoms with Gasteiger partial charge in [0.1, 0.15) is 0 Å². The topological polar surface area (TPSA) is 13.0 Å². The lowest BCUT2D eigenvalue weighted by Crippen LogP contribution is -2.71. The fourth-order valence-corrected chi connectivity index (χ4v) is 4.67. The molecule has 4 nitrogen and oxygen atoms in total. The molecule has 0 N–H and O–H groups in total. The summed E-state index contributed by atoms with van der Waals surface area (Å²) in [6, 6.07) is 1.82. The lowest BCUT2D eigenvalue weighted by Gasteiger charge is -2.56. The van der Waals surface area contributed by atoms with Gasteiger partial charge in [0.2, 0.25) is 0 Å². The normalized spacial score (nSPS) is 31.1. The van der Waals surface area contributed by atoms with Crippen molar-refractivity contribution in [1.29, 1.82) is 0 Å². The molecule has 0 saturated carbocycles. The fraction of sp³-hybridized carbons (Fsp3) is 1.00. The molecule has 0 radical (unpaired) electrons. The number of halogens is 2. The summed E-state index contributed by atoms with van der Waals surface area (Å²) in [5, 5.41) is 0. The second-order valence-corrected chi connectivity index (χ2v) is 9.52. The van der Waals surface area contributed by atoms with Crippen LogP contribution in [-0.2, 0) is 0 Å². The molecule has 144 valence electrons. The van der Waals surface area contributed by atoms with Gasteiger partial charge in [-0.05, 0) is 53.1 Å². The molecule has 0 spiro atoms. The molecule has 4 saturated heterocycles. The van der Waals surface area contributed by atoms with Gasteiger partial charge in [-0.1, -0.05) is 0 Å². The molecule has 1 unspecified atom stereocenters. The number of hydrogen-bond donors (Lipinski definition) is 0. The van der Waals surface area contributed by atoms with Crippen molar-refractivity contribution in [1.82, 2.24) is 19.6 Å². The molecule has 4 fully saturated rings. The van der Waals surface area contributed by atoms with Crippen molar-refractivity contribution >= 4 is 0 Å². The number of hydrogen-bond acceptors (Lipinski definition) is 4. The number of nitrogens with zero attached hydrogens (tertiary/aromatic N) is 4. The molecule has 0 amide bonds. The van der Waals surface area contributed by atoms with Crippen molar-refractivity contribution in [3.63, 3.8) is 0 Å². The van der Waals surface area contributed by atoms with Crippen molar-refractivity contribution < 1.29 is 8.78 Å². The summed E-state index contributed by atoms with van der Waals surface area (Å²) in [7, 11) is 0. The minimum atomic E-state index is -2.43. The van der Waals surface area contributed by atoms with Gasteiger partial charge in [-0.3, -0.25) is 19.6 Å². The van der Waals surface area contributed by atoms with E-state index in [9.17, 15) is 8.78 Å². The Kier molecular flexibility index (Phi) is 4.63. The number of likely N-dealkylation sites (tertiary alicyclic amines) is 4. The molecule has 0 aromatic heterocycles. The van der Waals surface area contributed by atoms with Crippen molar-refractivity contribution in [3.05, 3.63) is 0 Å². The summed E-state index contributed by atoms with van der Waals surface area (Å²) in [5.41, 5.74) is 0.180. The lowest BCUT2D eigenvalue weighted by molar-refractivity contribution is -0.173. The van der Waals surface area contributed by atoms with E-state index in [0.29, 0.717) is 12.1 Å². The van der Waals surface area contributed by atoms with Crippen LogP contribution in [0.2, 0.25) is 0 Å². The van der Waals surface area contributed by atoms with Gasteiger partial charge in [0.05, 0.1) is 13.1 Å². The Labute approximate surface area is 151 Å². The van der Waals surface area contributed by atoms with Gasteiger partial charge in [0.15, 0.2) is 0 Å². The molecule has 0 bridgehead atoms. The summed E-state index contributed by atoms with van der Waals surface area (Å²) in [4.78, 5) is 9.68. The molecule has 4 rings (SSSR count). The SMILES string of the molecule is CC(CCC(C)(C)N1CC(N2CC(F)(F)C2)C1)N1CC(N2CCC2)C1. The first-order valence-electron chi connectivity index (χ1n) is 10.1. The first-order chi connectivity index (χ1) is 11.7. The average molecular weight is 357 g/mol. The van der Waals surface area contributed by atoms with Crippen molar-refractivity contribution in [3.8, 4) is 0 Å². The second kappa shape index (κ2) is 6.39. The standard InChI is InChI=1S/C19H34F2N4/c1-15(23-9-16(10-23)22-7-4-8-22)5-6-18(2,3)25-11-17(12-25)24-13-19(20,21)14-24/h15-17H,4-14H2,1-3H3. The van der Waals surface area contributed by atoms with E-state index in [4.69, 9.17) is 0 Å². The minimum Gasteiger partial charge on any atom is -0.298 e. The van der Waals surface area contributed by atoms with Crippen LogP contribution in [0.15, 0.2) is 0 Å². The molecule has 6 heteroatoms. The molecular formula is C19H34F2N4. The van der Waals surface area contributed by atoms with Gasteiger partial charge >= 0.3 is 0 Å². The molecule has 1 atom stereocenters. The van der Waals surface area contributed by atoms with E-state index in [1.54, 1.807) is 0 Å². The van der Waals surface area contributed by atoms with Crippen LogP contribution >= 0.6 is 0 Å². The van der Waals surface area contributed by atoms with E-state index in [2.05, 4.69) is 35.5 Å². The van der Waals surface area contributed by atoms with Gasteiger partial charge < -0.3 is 0 Å². The predicted molar refractivity (Wildman–Crippen MR) is 96.2 cm³/mol. The minimum absolute atomic E-state index is 0.0316. The molecule has 4 aliphatic rings. The van der Waals surface area contributed by atoms with E-state index in [-0.39, 0.29) is 18.6 Å². The van der Waals surface area contributed by atoms with E-state index in [1.807, 2.05) is 4.90 Å². The van der Waals surface area contributed by atoms with Crippen molar-refractivity contribution in [2.45, 2.75) is 69.6 Å². The Bertz CT molecular complexity index is 474. The van der Waals surface area contributed by atoms with Crippen molar-refractivity contribution in [2.24, 2.45) is 0 Å². The van der Waals surface area contributed by atoms with Crippen LogP contribution in [0.3, 0.4) is 0 Å². The number of alkyl halides is 2. The summed E-state index contributed by atoms with van der Waals surface area (Å²) >= 11 is 0. The van der Waals surface area contributed by atoms with Gasteiger partial charge in [0, 0.05) is 49.8 Å². The third-order valence-corrected chi connectivity index (χ3v) is 7.20. The zero-order chi connectivity index (χ0) is 17.8. The maximum Gasteiger partial charge on any atom is 0.272 e. The fourth-order valence-electron chi connectivity index (χ4n) is 4.67. The Balaban J connectivity index is 1.14. The summed E-state index contributed by atoms with van der Waals surface area (Å²) in [6.07, 6.45) is 3.79. The van der Waals surface area contributed by atoms with E-state index in [0.717, 1.165) is 19.1 Å². The zero-order valence-electron chi connectivity index (χ0n) is 16.1. The third-order valence-electron chi connectivity index (χ3n) is 7.20. The Morgan fingerprint density at radius 2 is 1.60 bits per heavy atom. The zero-order valence-corrected chi connectivity index (χ0v) is 16.1. The second-order valence-electron chi connectivity index (χ2n) is 9.52. The molecule has 4 aliphatic heterocycles. The van der Waals surface area contributed by atoms with Gasteiger partial charge in [0.25, 0.3) is 5.92 Å². The number of rotatable bonds is 7. The van der Waals surface area contributed by atoms with Crippen LogP contribution in [0, 0.1) is 0 Å². The van der Waals surface area contributed by atoms with E-state index in [1.165, 1.54) is 45.4 Å². The molecular weight excluding hydrogens is 322 g/mol. The monoisotopic (exact) mass is 356 g/mol. The summed E-state index contributed by atoms with van der Waals surface area (Å²) < 4.78 is 26.0. The Morgan fingerprint density at radius 1 is 1.00 bits per heavy atom. The molecule has 0 aliphatic carbocycles. The Morgan fingerprint density at radius 3 is 2.12 bits per heavy atom. The highest BCUT2D eigenvalue weighted by atomic mass is 19.3. The molecule has 25 heavy (non-hydrogen) atoms. The highest BCUT2D eigenvalue weighted by molar-refractivity contribution is 5.02. The lowest BCUT2D eigenvalue weighted by atomic mass is 9.87. The van der Waals surface area contributed by atoms with Gasteiger partial charge in [-0.2, -0.15) is 0 Å². The smallest absolute Gasteiger partial charge is 0.272 e. The first kappa shape index (κ1) is 18.1. The van der Waals surface area contributed by atoms with Gasteiger partial charge in [-0.15, -0.1) is 0 Å².